The Morgan fingerprint density at radius 2 is 0.903 bits per heavy atom. The van der Waals surface area contributed by atoms with Crippen LogP contribution in [0.15, 0.2) is 212 Å². The molecule has 0 fully saturated rings. The number of pyridine rings is 1. The molecule has 1 aliphatic rings. The molecule has 0 radical (unpaired) electrons. The summed E-state index contributed by atoms with van der Waals surface area (Å²) < 4.78 is 0. The topological polar surface area (TPSA) is 36.7 Å². The minimum Gasteiger partial charge on any atom is -0.309 e. The predicted molar refractivity (Wildman–Crippen MR) is 264 cm³/mol. The van der Waals surface area contributed by atoms with Gasteiger partial charge in [-0.05, 0) is 135 Å². The Kier molecular flexibility index (Phi) is 8.36. The molecule has 1 aromatic heterocycles. The Labute approximate surface area is 360 Å². The van der Waals surface area contributed by atoms with Gasteiger partial charge in [0, 0.05) is 17.2 Å². The normalized spacial score (nSPS) is 11.9. The van der Waals surface area contributed by atoms with Gasteiger partial charge in [0.05, 0.1) is 11.2 Å². The van der Waals surface area contributed by atoms with Crippen LogP contribution in [0.2, 0.25) is 0 Å². The molecule has 1 N–H and O–H groups in total. The lowest BCUT2D eigenvalue weighted by Crippen LogP contribution is -1.93. The fourth-order valence-corrected chi connectivity index (χ4v) is 9.85. The Balaban J connectivity index is 0.933. The first-order valence-corrected chi connectivity index (χ1v) is 21.2. The number of rotatable bonds is 7. The van der Waals surface area contributed by atoms with Gasteiger partial charge in [0.2, 0.25) is 0 Å². The summed E-state index contributed by atoms with van der Waals surface area (Å²) in [7, 11) is 0. The van der Waals surface area contributed by atoms with Crippen molar-refractivity contribution in [1.29, 1.82) is 5.41 Å². The Hall–Kier alpha value is -8.20. The molecule has 288 valence electrons. The van der Waals surface area contributed by atoms with Gasteiger partial charge >= 0.3 is 0 Å². The first-order valence-electron chi connectivity index (χ1n) is 21.2. The van der Waals surface area contributed by atoms with E-state index in [1.54, 1.807) is 6.08 Å². The third-order valence-electron chi connectivity index (χ3n) is 12.7. The van der Waals surface area contributed by atoms with Crippen LogP contribution in [0, 0.1) is 5.41 Å². The van der Waals surface area contributed by atoms with E-state index in [4.69, 9.17) is 10.4 Å². The Bertz CT molecular complexity index is 3530. The number of hydrogen-bond acceptors (Lipinski definition) is 2. The molecule has 0 amide bonds. The molecule has 0 unspecified atom stereocenters. The van der Waals surface area contributed by atoms with Crippen molar-refractivity contribution in [3.63, 3.8) is 0 Å². The van der Waals surface area contributed by atoms with Crippen molar-refractivity contribution in [2.75, 3.05) is 0 Å². The highest BCUT2D eigenvalue weighted by molar-refractivity contribution is 6.28. The van der Waals surface area contributed by atoms with E-state index in [-0.39, 0.29) is 0 Å². The SMILES string of the molecule is N=C/C=C\c1ccc2ccc(-c3ccc(-c4ccc5cc(-c6ccc7c8c(cccc68)-c6c-7c(-c7ccccc7)c7ccccc7c6-c6ccccc6)ccc5c4)cc3)nc2c1. The van der Waals surface area contributed by atoms with Gasteiger partial charge in [-0.2, -0.15) is 0 Å². The van der Waals surface area contributed by atoms with Crippen LogP contribution in [-0.4, -0.2) is 11.2 Å². The van der Waals surface area contributed by atoms with Crippen LogP contribution >= 0.6 is 0 Å². The number of allylic oxidation sites excluding steroid dienone is 1. The molecule has 0 saturated carbocycles. The number of fused-ring (bicyclic) bond motifs is 6. The lowest BCUT2D eigenvalue weighted by atomic mass is 9.82. The molecule has 2 nitrogen and oxygen atoms in total. The van der Waals surface area contributed by atoms with Gasteiger partial charge in [-0.1, -0.05) is 188 Å². The summed E-state index contributed by atoms with van der Waals surface area (Å²) in [5, 5.41) is 16.0. The second-order valence-electron chi connectivity index (χ2n) is 16.2. The van der Waals surface area contributed by atoms with Gasteiger partial charge < -0.3 is 5.41 Å². The predicted octanol–water partition coefficient (Wildman–Crippen LogP) is 16.3. The van der Waals surface area contributed by atoms with Crippen LogP contribution in [0.25, 0.3) is 127 Å². The summed E-state index contributed by atoms with van der Waals surface area (Å²) in [6.07, 6.45) is 4.95. The number of aromatic nitrogens is 1. The highest BCUT2D eigenvalue weighted by Crippen LogP contribution is 2.58. The molecular weight excluding hydrogens is 749 g/mol. The zero-order valence-corrected chi connectivity index (χ0v) is 33.8. The summed E-state index contributed by atoms with van der Waals surface area (Å²) in [6.45, 7) is 0. The van der Waals surface area contributed by atoms with Gasteiger partial charge in [-0.3, -0.25) is 0 Å². The van der Waals surface area contributed by atoms with E-state index in [1.165, 1.54) is 105 Å². The molecule has 2 heteroatoms. The lowest BCUT2D eigenvalue weighted by molar-refractivity contribution is 1.40. The maximum atomic E-state index is 7.32. The Morgan fingerprint density at radius 3 is 1.60 bits per heavy atom. The van der Waals surface area contributed by atoms with Crippen molar-refractivity contribution in [3.05, 3.63) is 218 Å². The fourth-order valence-electron chi connectivity index (χ4n) is 9.85. The summed E-state index contributed by atoms with van der Waals surface area (Å²) in [4.78, 5) is 4.99. The highest BCUT2D eigenvalue weighted by atomic mass is 14.7. The van der Waals surface area contributed by atoms with Crippen LogP contribution in [-0.2, 0) is 0 Å². The molecule has 1 aliphatic carbocycles. The van der Waals surface area contributed by atoms with Crippen LogP contribution in [0.4, 0.5) is 0 Å². The zero-order chi connectivity index (χ0) is 41.1. The number of nitrogens with zero attached hydrogens (tertiary/aromatic N) is 1. The van der Waals surface area contributed by atoms with Crippen molar-refractivity contribution in [3.8, 4) is 78.0 Å². The summed E-state index contributed by atoms with van der Waals surface area (Å²) >= 11 is 0. The summed E-state index contributed by atoms with van der Waals surface area (Å²) in [6, 6.07) is 75.3. The molecule has 0 atom stereocenters. The van der Waals surface area contributed by atoms with Crippen LogP contribution < -0.4 is 0 Å². The Morgan fingerprint density at radius 1 is 0.355 bits per heavy atom. The highest BCUT2D eigenvalue weighted by Gasteiger charge is 2.31. The quantitative estimate of drug-likeness (QED) is 0.161. The van der Waals surface area contributed by atoms with Crippen molar-refractivity contribution >= 4 is 55.5 Å². The molecule has 62 heavy (non-hydrogen) atoms. The number of nitrogens with one attached hydrogen (secondary N) is 1. The molecule has 0 aliphatic heterocycles. The maximum absolute atomic E-state index is 7.32. The van der Waals surface area contributed by atoms with Crippen LogP contribution in [0.1, 0.15) is 5.56 Å². The molecule has 0 saturated heterocycles. The molecule has 0 spiro atoms. The standard InChI is InChI=1S/C60H38N2/c61-34-10-11-38-20-21-41-30-33-54(62-55(41)35-38)40-24-22-39(23-25-40)44-26-27-46-37-47(29-28-45(46)36-44)48-31-32-53-58-49(48)18-9-19-52(58)59-56(42-12-3-1-4-13-42)50-16-7-8-17-51(50)57(60(53)59)43-14-5-2-6-15-43/h1-37,61H/b11-10-,61-34?. The van der Waals surface area contributed by atoms with E-state index in [0.717, 1.165) is 27.7 Å². The smallest absolute Gasteiger partial charge is 0.0715 e. The second-order valence-corrected chi connectivity index (χ2v) is 16.2. The first kappa shape index (κ1) is 35.7. The largest absolute Gasteiger partial charge is 0.309 e. The van der Waals surface area contributed by atoms with E-state index in [9.17, 15) is 0 Å². The third kappa shape index (κ3) is 5.80. The van der Waals surface area contributed by atoms with Gasteiger partial charge in [0.1, 0.15) is 0 Å². The average molecular weight is 787 g/mol. The maximum Gasteiger partial charge on any atom is 0.0715 e. The van der Waals surface area contributed by atoms with Crippen molar-refractivity contribution < 1.29 is 0 Å². The van der Waals surface area contributed by atoms with Gasteiger partial charge in [0.15, 0.2) is 0 Å². The fraction of sp³-hybridized carbons (Fsp3) is 0. The monoisotopic (exact) mass is 786 g/mol. The molecule has 10 aromatic carbocycles. The number of hydrogen-bond donors (Lipinski definition) is 1. The molecule has 1 heterocycles. The molecule has 11 aromatic rings. The van der Waals surface area contributed by atoms with Crippen LogP contribution in [0.5, 0.6) is 0 Å². The summed E-state index contributed by atoms with van der Waals surface area (Å²) in [5.74, 6) is 0. The minimum atomic E-state index is 0.942. The van der Waals surface area contributed by atoms with Gasteiger partial charge in [-0.15, -0.1) is 0 Å². The van der Waals surface area contributed by atoms with E-state index < -0.39 is 0 Å². The zero-order valence-electron chi connectivity index (χ0n) is 33.8. The average Bonchev–Trinajstić information content (AvgIpc) is 3.67. The van der Waals surface area contributed by atoms with E-state index in [0.29, 0.717) is 0 Å². The molecule has 12 rings (SSSR count). The summed E-state index contributed by atoms with van der Waals surface area (Å²) in [5.41, 5.74) is 19.1. The second kappa shape index (κ2) is 14.5. The van der Waals surface area contributed by atoms with Crippen LogP contribution in [0.3, 0.4) is 0 Å². The van der Waals surface area contributed by atoms with Crippen molar-refractivity contribution in [2.45, 2.75) is 0 Å². The number of benzene rings is 10. The van der Waals surface area contributed by atoms with Gasteiger partial charge in [0.25, 0.3) is 0 Å². The lowest BCUT2D eigenvalue weighted by Gasteiger charge is -2.20. The van der Waals surface area contributed by atoms with E-state index in [1.807, 2.05) is 6.08 Å². The van der Waals surface area contributed by atoms with E-state index in [2.05, 4.69) is 206 Å². The first-order chi connectivity index (χ1) is 30.7. The third-order valence-corrected chi connectivity index (χ3v) is 12.7. The van der Waals surface area contributed by atoms with Crippen molar-refractivity contribution in [1.82, 2.24) is 4.98 Å². The molecule has 0 bridgehead atoms. The van der Waals surface area contributed by atoms with Gasteiger partial charge in [-0.25, -0.2) is 4.98 Å². The minimum absolute atomic E-state index is 0.942. The van der Waals surface area contributed by atoms with Crippen molar-refractivity contribution in [2.24, 2.45) is 0 Å². The molecular formula is C60H38N2. The van der Waals surface area contributed by atoms with E-state index >= 15 is 0 Å².